The highest BCUT2D eigenvalue weighted by atomic mass is 79.9. The lowest BCUT2D eigenvalue weighted by Crippen LogP contribution is -2.47. The number of hydrogen-bond acceptors (Lipinski definition) is 5. The number of anilines is 1. The second-order valence-corrected chi connectivity index (χ2v) is 6.82. The topological polar surface area (TPSA) is 32.3 Å². The van der Waals surface area contributed by atoms with Crippen molar-refractivity contribution in [2.75, 3.05) is 43.0 Å². The van der Waals surface area contributed by atoms with Crippen molar-refractivity contribution in [3.8, 4) is 0 Å². The summed E-state index contributed by atoms with van der Waals surface area (Å²) in [5.74, 6) is 1.10. The molecule has 0 bridgehead atoms. The van der Waals surface area contributed by atoms with Gasteiger partial charge in [-0.15, -0.1) is 11.3 Å². The molecule has 0 saturated carbocycles. The highest BCUT2D eigenvalue weighted by Gasteiger charge is 2.19. The molecule has 0 unspecified atom stereocenters. The Morgan fingerprint density at radius 1 is 1.26 bits per heavy atom. The van der Waals surface area contributed by atoms with Crippen molar-refractivity contribution in [2.45, 2.75) is 6.92 Å². The van der Waals surface area contributed by atoms with E-state index in [9.17, 15) is 0 Å². The van der Waals surface area contributed by atoms with Gasteiger partial charge in [-0.05, 0) is 13.0 Å². The Kier molecular flexibility index (Phi) is 4.00. The van der Waals surface area contributed by atoms with Crippen molar-refractivity contribution in [3.63, 3.8) is 0 Å². The summed E-state index contributed by atoms with van der Waals surface area (Å²) in [6.45, 7) is 7.58. The molecule has 1 aliphatic heterocycles. The maximum Gasteiger partial charge on any atom is 0.140 e. The van der Waals surface area contributed by atoms with Crippen LogP contribution in [0, 0.1) is 6.92 Å². The van der Waals surface area contributed by atoms with Crippen molar-refractivity contribution in [1.82, 2.24) is 14.9 Å². The summed E-state index contributed by atoms with van der Waals surface area (Å²) in [5, 5.41) is 2.26. The molecule has 1 fully saturated rings. The van der Waals surface area contributed by atoms with E-state index in [1.54, 1.807) is 17.7 Å². The van der Waals surface area contributed by atoms with Gasteiger partial charge in [0.2, 0.25) is 0 Å². The van der Waals surface area contributed by atoms with Crippen molar-refractivity contribution in [2.24, 2.45) is 0 Å². The fraction of sp³-hybridized carbons (Fsp3) is 0.538. The minimum atomic E-state index is 1.05. The van der Waals surface area contributed by atoms with E-state index in [0.717, 1.165) is 48.7 Å². The normalized spacial score (nSPS) is 17.3. The van der Waals surface area contributed by atoms with Crippen LogP contribution < -0.4 is 4.90 Å². The molecular formula is C13H17BrN4S. The van der Waals surface area contributed by atoms with E-state index in [4.69, 9.17) is 0 Å². The number of halogens is 1. The maximum atomic E-state index is 4.51. The van der Waals surface area contributed by atoms with Crippen LogP contribution in [0.2, 0.25) is 0 Å². The first-order valence-corrected chi connectivity index (χ1v) is 8.46. The first kappa shape index (κ1) is 13.3. The Hall–Kier alpha value is -0.720. The summed E-state index contributed by atoms with van der Waals surface area (Å²) in [7, 11) is 0. The van der Waals surface area contributed by atoms with Crippen molar-refractivity contribution in [1.29, 1.82) is 0 Å². The molecule has 19 heavy (non-hydrogen) atoms. The van der Waals surface area contributed by atoms with Gasteiger partial charge in [0, 0.05) is 42.9 Å². The number of rotatable bonds is 3. The van der Waals surface area contributed by atoms with Gasteiger partial charge in [-0.25, -0.2) is 9.97 Å². The third kappa shape index (κ3) is 2.75. The summed E-state index contributed by atoms with van der Waals surface area (Å²) >= 11 is 5.25. The van der Waals surface area contributed by atoms with Crippen LogP contribution in [0.25, 0.3) is 10.2 Å². The van der Waals surface area contributed by atoms with Gasteiger partial charge >= 0.3 is 0 Å². The molecule has 1 aliphatic rings. The van der Waals surface area contributed by atoms with Crippen LogP contribution in [0.15, 0.2) is 12.4 Å². The van der Waals surface area contributed by atoms with Gasteiger partial charge in [0.05, 0.1) is 5.39 Å². The molecule has 2 aromatic heterocycles. The van der Waals surface area contributed by atoms with Crippen LogP contribution in [-0.2, 0) is 0 Å². The van der Waals surface area contributed by atoms with Gasteiger partial charge in [0.1, 0.15) is 17.0 Å². The predicted molar refractivity (Wildman–Crippen MR) is 84.6 cm³/mol. The number of hydrogen-bond donors (Lipinski definition) is 0. The smallest absolute Gasteiger partial charge is 0.140 e. The van der Waals surface area contributed by atoms with E-state index in [1.165, 1.54) is 10.3 Å². The lowest BCUT2D eigenvalue weighted by atomic mass is 10.2. The van der Waals surface area contributed by atoms with Crippen LogP contribution in [0.3, 0.4) is 0 Å². The summed E-state index contributed by atoms with van der Waals surface area (Å²) in [6.07, 6.45) is 1.69. The Morgan fingerprint density at radius 3 is 2.79 bits per heavy atom. The molecule has 0 radical (unpaired) electrons. The van der Waals surface area contributed by atoms with E-state index in [-0.39, 0.29) is 0 Å². The maximum absolute atomic E-state index is 4.51. The van der Waals surface area contributed by atoms with Crippen LogP contribution in [0.5, 0.6) is 0 Å². The molecule has 1 saturated heterocycles. The van der Waals surface area contributed by atoms with Crippen LogP contribution in [0.4, 0.5) is 5.82 Å². The van der Waals surface area contributed by atoms with Gasteiger partial charge in [0.15, 0.2) is 0 Å². The fourth-order valence-electron chi connectivity index (χ4n) is 2.52. The zero-order valence-electron chi connectivity index (χ0n) is 11.0. The molecule has 3 rings (SSSR count). The molecule has 0 aliphatic carbocycles. The molecule has 0 amide bonds. The van der Waals surface area contributed by atoms with E-state index in [0.29, 0.717) is 0 Å². The highest BCUT2D eigenvalue weighted by Crippen LogP contribution is 2.30. The van der Waals surface area contributed by atoms with Gasteiger partial charge in [0.25, 0.3) is 0 Å². The lowest BCUT2D eigenvalue weighted by Gasteiger charge is -2.35. The number of aromatic nitrogens is 2. The quantitative estimate of drug-likeness (QED) is 0.803. The van der Waals surface area contributed by atoms with Gasteiger partial charge in [-0.3, -0.25) is 4.90 Å². The van der Waals surface area contributed by atoms with Gasteiger partial charge < -0.3 is 4.90 Å². The molecule has 2 aromatic rings. The van der Waals surface area contributed by atoms with Crippen molar-refractivity contribution in [3.05, 3.63) is 17.3 Å². The summed E-state index contributed by atoms with van der Waals surface area (Å²) in [6, 6.07) is 2.21. The average molecular weight is 341 g/mol. The first-order valence-electron chi connectivity index (χ1n) is 6.52. The Labute approximate surface area is 125 Å². The molecule has 0 spiro atoms. The van der Waals surface area contributed by atoms with Crippen molar-refractivity contribution >= 4 is 43.3 Å². The molecule has 0 aromatic carbocycles. The van der Waals surface area contributed by atoms with Crippen LogP contribution >= 0.6 is 27.3 Å². The lowest BCUT2D eigenvalue weighted by molar-refractivity contribution is 0.273. The molecule has 4 nitrogen and oxygen atoms in total. The third-order valence-corrected chi connectivity index (χ3v) is 4.82. The Bertz CT molecular complexity index is 563. The number of fused-ring (bicyclic) bond motifs is 1. The molecule has 0 N–H and O–H groups in total. The van der Waals surface area contributed by atoms with Crippen molar-refractivity contribution < 1.29 is 0 Å². The van der Waals surface area contributed by atoms with E-state index in [2.05, 4.69) is 48.7 Å². The largest absolute Gasteiger partial charge is 0.353 e. The molecule has 6 heteroatoms. The predicted octanol–water partition coefficient (Wildman–Crippen LogP) is 2.52. The number of thiophene rings is 1. The molecule has 3 heterocycles. The summed E-state index contributed by atoms with van der Waals surface area (Å²) in [5.41, 5.74) is 0. The van der Waals surface area contributed by atoms with Gasteiger partial charge in [-0.1, -0.05) is 15.9 Å². The minimum absolute atomic E-state index is 1.05. The average Bonchev–Trinajstić information content (AvgIpc) is 2.80. The molecule has 0 atom stereocenters. The monoisotopic (exact) mass is 340 g/mol. The van der Waals surface area contributed by atoms with Crippen LogP contribution in [0.1, 0.15) is 4.88 Å². The third-order valence-electron chi connectivity index (χ3n) is 3.50. The number of aryl methyl sites for hydroxylation is 1. The Morgan fingerprint density at radius 2 is 2.05 bits per heavy atom. The van der Waals surface area contributed by atoms with Crippen LogP contribution in [-0.4, -0.2) is 52.9 Å². The number of piperazine rings is 1. The fourth-order valence-corrected chi connectivity index (χ4v) is 3.86. The summed E-state index contributed by atoms with van der Waals surface area (Å²) < 4.78 is 0. The zero-order valence-corrected chi connectivity index (χ0v) is 13.4. The van der Waals surface area contributed by atoms with Gasteiger partial charge in [-0.2, -0.15) is 0 Å². The molecule has 102 valence electrons. The number of nitrogens with zero attached hydrogens (tertiary/aromatic N) is 4. The highest BCUT2D eigenvalue weighted by molar-refractivity contribution is 9.09. The first-order chi connectivity index (χ1) is 9.28. The standard InChI is InChI=1S/C13H17BrN4S/c1-10-8-11-12(15-9-16-13(11)19-10)18-6-4-17(3-2-14)5-7-18/h8-9H,2-7H2,1H3. The van der Waals surface area contributed by atoms with E-state index < -0.39 is 0 Å². The second kappa shape index (κ2) is 5.73. The second-order valence-electron chi connectivity index (χ2n) is 4.79. The van der Waals surface area contributed by atoms with E-state index in [1.807, 2.05) is 0 Å². The Balaban J connectivity index is 1.81. The minimum Gasteiger partial charge on any atom is -0.353 e. The summed E-state index contributed by atoms with van der Waals surface area (Å²) in [4.78, 5) is 16.2. The zero-order chi connectivity index (χ0) is 13.2. The number of alkyl halides is 1. The SMILES string of the molecule is Cc1cc2c(N3CCN(CCBr)CC3)ncnc2s1. The van der Waals surface area contributed by atoms with E-state index >= 15 is 0 Å². The molecular weight excluding hydrogens is 324 g/mol.